The van der Waals surface area contributed by atoms with Crippen molar-refractivity contribution < 1.29 is 14.6 Å². The molecule has 0 atom stereocenters. The summed E-state index contributed by atoms with van der Waals surface area (Å²) in [5.41, 5.74) is 4.58. The lowest BCUT2D eigenvalue weighted by Gasteiger charge is -2.12. The number of aliphatic hydroxyl groups is 1. The lowest BCUT2D eigenvalue weighted by atomic mass is 10.0. The van der Waals surface area contributed by atoms with E-state index in [1.54, 1.807) is 25.5 Å². The third-order valence-electron chi connectivity index (χ3n) is 4.52. The number of carbonyl (C=O) groups excluding carboxylic acids is 1. The van der Waals surface area contributed by atoms with Crippen LogP contribution in [0.2, 0.25) is 0 Å². The van der Waals surface area contributed by atoms with Crippen molar-refractivity contribution in [3.63, 3.8) is 0 Å². The van der Waals surface area contributed by atoms with Gasteiger partial charge in [0, 0.05) is 0 Å². The van der Waals surface area contributed by atoms with Crippen molar-refractivity contribution in [3.8, 4) is 22.4 Å². The lowest BCUT2D eigenvalue weighted by Crippen LogP contribution is -2.19. The normalized spacial score (nSPS) is 11.5. The van der Waals surface area contributed by atoms with Gasteiger partial charge in [0.05, 0.1) is 18.0 Å². The molecule has 0 fully saturated rings. The highest BCUT2D eigenvalue weighted by atomic mass is 16.5. The molecule has 0 spiro atoms. The van der Waals surface area contributed by atoms with Crippen LogP contribution in [0.3, 0.4) is 0 Å². The number of benzene rings is 2. The number of esters is 1. The van der Waals surface area contributed by atoms with Crippen LogP contribution in [0, 0.1) is 6.92 Å². The van der Waals surface area contributed by atoms with Crippen molar-refractivity contribution in [2.75, 3.05) is 6.61 Å². The van der Waals surface area contributed by atoms with Crippen LogP contribution in [-0.4, -0.2) is 27.5 Å². The summed E-state index contributed by atoms with van der Waals surface area (Å²) in [4.78, 5) is 12.0. The molecule has 0 aliphatic heterocycles. The Balaban J connectivity index is 1.97. The first kappa shape index (κ1) is 19.8. The van der Waals surface area contributed by atoms with Gasteiger partial charge in [-0.2, -0.15) is 5.10 Å². The zero-order valence-electron chi connectivity index (χ0n) is 16.8. The highest BCUT2D eigenvalue weighted by molar-refractivity contribution is 5.72. The van der Waals surface area contributed by atoms with Crippen LogP contribution in [0.5, 0.6) is 0 Å². The fourth-order valence-corrected chi connectivity index (χ4v) is 3.06. The van der Waals surface area contributed by atoms with E-state index < -0.39 is 5.60 Å². The molecule has 5 nitrogen and oxygen atoms in total. The Morgan fingerprint density at radius 2 is 1.75 bits per heavy atom. The Kier molecular flexibility index (Phi) is 5.66. The van der Waals surface area contributed by atoms with Crippen LogP contribution >= 0.6 is 0 Å². The van der Waals surface area contributed by atoms with Crippen molar-refractivity contribution in [1.82, 2.24) is 9.78 Å². The number of aromatic nitrogens is 2. The molecule has 0 amide bonds. The summed E-state index contributed by atoms with van der Waals surface area (Å²) in [6.45, 7) is 7.51. The van der Waals surface area contributed by atoms with Crippen molar-refractivity contribution in [3.05, 3.63) is 65.9 Å². The molecule has 0 aliphatic rings. The van der Waals surface area contributed by atoms with Crippen LogP contribution in [0.1, 0.15) is 32.0 Å². The van der Waals surface area contributed by atoms with Crippen LogP contribution < -0.4 is 0 Å². The molecule has 3 rings (SSSR count). The van der Waals surface area contributed by atoms with Crippen LogP contribution in [0.25, 0.3) is 22.4 Å². The van der Waals surface area contributed by atoms with Gasteiger partial charge in [-0.3, -0.25) is 9.48 Å². The molecule has 0 saturated carbocycles. The lowest BCUT2D eigenvalue weighted by molar-refractivity contribution is -0.144. The highest BCUT2D eigenvalue weighted by Gasteiger charge is 2.23. The molecule has 5 heteroatoms. The molecule has 1 heterocycles. The second-order valence-corrected chi connectivity index (χ2v) is 7.38. The molecule has 0 radical (unpaired) electrons. The number of ether oxygens (including phenoxy) is 1. The van der Waals surface area contributed by atoms with Gasteiger partial charge < -0.3 is 9.84 Å². The molecule has 0 unspecified atom stereocenters. The van der Waals surface area contributed by atoms with Crippen LogP contribution in [0.4, 0.5) is 0 Å². The first-order chi connectivity index (χ1) is 13.3. The Labute approximate surface area is 165 Å². The largest absolute Gasteiger partial charge is 0.465 e. The van der Waals surface area contributed by atoms with Crippen molar-refractivity contribution >= 4 is 5.97 Å². The predicted molar refractivity (Wildman–Crippen MR) is 110 cm³/mol. The van der Waals surface area contributed by atoms with Gasteiger partial charge in [-0.25, -0.2) is 0 Å². The second kappa shape index (κ2) is 7.98. The molecular formula is C23H26N2O3. The summed E-state index contributed by atoms with van der Waals surface area (Å²) in [5.74, 6) is -0.356. The maximum atomic E-state index is 12.0. The minimum Gasteiger partial charge on any atom is -0.465 e. The van der Waals surface area contributed by atoms with Crippen molar-refractivity contribution in [2.24, 2.45) is 0 Å². The number of hydrogen-bond donors (Lipinski definition) is 1. The minimum absolute atomic E-state index is 0.00111. The van der Waals surface area contributed by atoms with E-state index in [-0.39, 0.29) is 12.5 Å². The van der Waals surface area contributed by atoms with E-state index in [4.69, 9.17) is 4.74 Å². The standard InChI is InChI=1S/C23H26N2O3/c1-5-28-22(26)15-25-20(14-21(24-25)23(3,4)27)18-11-9-17(10-12-18)19-8-6-7-16(2)13-19/h6-14,27H,5,15H2,1-4H3. The van der Waals surface area contributed by atoms with Gasteiger partial charge in [-0.15, -0.1) is 0 Å². The van der Waals surface area contributed by atoms with E-state index in [1.807, 2.05) is 24.3 Å². The summed E-state index contributed by atoms with van der Waals surface area (Å²) in [6.07, 6.45) is 0. The topological polar surface area (TPSA) is 64.4 Å². The predicted octanol–water partition coefficient (Wildman–Crippen LogP) is 4.32. The number of hydrogen-bond acceptors (Lipinski definition) is 4. The SMILES string of the molecule is CCOC(=O)Cn1nc(C(C)(C)O)cc1-c1ccc(-c2cccc(C)c2)cc1. The van der Waals surface area contributed by atoms with Gasteiger partial charge in [0.15, 0.2) is 0 Å². The Morgan fingerprint density at radius 3 is 2.36 bits per heavy atom. The van der Waals surface area contributed by atoms with Crippen LogP contribution in [0.15, 0.2) is 54.6 Å². The summed E-state index contributed by atoms with van der Waals surface area (Å²) in [5, 5.41) is 14.8. The van der Waals surface area contributed by atoms with Crippen LogP contribution in [-0.2, 0) is 21.7 Å². The average Bonchev–Trinajstić information content (AvgIpc) is 3.06. The molecule has 1 N–H and O–H groups in total. The molecule has 3 aromatic rings. The first-order valence-electron chi connectivity index (χ1n) is 9.41. The quantitative estimate of drug-likeness (QED) is 0.649. The maximum Gasteiger partial charge on any atom is 0.327 e. The Hall–Kier alpha value is -2.92. The Morgan fingerprint density at radius 1 is 1.07 bits per heavy atom. The van der Waals surface area contributed by atoms with Crippen molar-refractivity contribution in [1.29, 1.82) is 0 Å². The fraction of sp³-hybridized carbons (Fsp3) is 0.304. The molecule has 146 valence electrons. The van der Waals surface area contributed by atoms with E-state index >= 15 is 0 Å². The zero-order valence-corrected chi connectivity index (χ0v) is 16.8. The third-order valence-corrected chi connectivity index (χ3v) is 4.52. The highest BCUT2D eigenvalue weighted by Crippen LogP contribution is 2.29. The van der Waals surface area contributed by atoms with Gasteiger partial charge in [-0.1, -0.05) is 54.1 Å². The maximum absolute atomic E-state index is 12.0. The summed E-state index contributed by atoms with van der Waals surface area (Å²) >= 11 is 0. The molecular weight excluding hydrogens is 352 g/mol. The van der Waals surface area contributed by atoms with E-state index in [0.717, 1.165) is 22.4 Å². The fourth-order valence-electron chi connectivity index (χ4n) is 3.06. The van der Waals surface area contributed by atoms with Gasteiger partial charge in [0.25, 0.3) is 0 Å². The molecule has 28 heavy (non-hydrogen) atoms. The first-order valence-corrected chi connectivity index (χ1v) is 9.41. The molecule has 1 aromatic heterocycles. The van der Waals surface area contributed by atoms with E-state index in [2.05, 4.69) is 42.4 Å². The molecule has 0 bridgehead atoms. The third kappa shape index (κ3) is 4.49. The summed E-state index contributed by atoms with van der Waals surface area (Å²) in [7, 11) is 0. The average molecular weight is 378 g/mol. The van der Waals surface area contributed by atoms with Gasteiger partial charge in [0.2, 0.25) is 0 Å². The number of rotatable bonds is 6. The van der Waals surface area contributed by atoms with E-state index in [9.17, 15) is 9.90 Å². The number of aryl methyl sites for hydroxylation is 1. The van der Waals surface area contributed by atoms with E-state index in [1.165, 1.54) is 5.56 Å². The van der Waals surface area contributed by atoms with Gasteiger partial charge in [0.1, 0.15) is 12.1 Å². The summed E-state index contributed by atoms with van der Waals surface area (Å²) < 4.78 is 6.65. The van der Waals surface area contributed by atoms with Crippen molar-refractivity contribution in [2.45, 2.75) is 39.8 Å². The van der Waals surface area contributed by atoms with E-state index in [0.29, 0.717) is 12.3 Å². The molecule has 0 aliphatic carbocycles. The monoisotopic (exact) mass is 378 g/mol. The number of nitrogens with zero attached hydrogens (tertiary/aromatic N) is 2. The van der Waals surface area contributed by atoms with Gasteiger partial charge >= 0.3 is 5.97 Å². The summed E-state index contributed by atoms with van der Waals surface area (Å²) in [6, 6.07) is 18.3. The zero-order chi connectivity index (χ0) is 20.3. The second-order valence-electron chi connectivity index (χ2n) is 7.38. The molecule has 2 aromatic carbocycles. The smallest absolute Gasteiger partial charge is 0.327 e. The molecule has 0 saturated heterocycles. The Bertz CT molecular complexity index is 966. The number of carbonyl (C=O) groups is 1. The minimum atomic E-state index is -1.10. The van der Waals surface area contributed by atoms with Gasteiger partial charge in [-0.05, 0) is 50.5 Å².